The van der Waals surface area contributed by atoms with Gasteiger partial charge in [-0.05, 0) is 18.6 Å². The summed E-state index contributed by atoms with van der Waals surface area (Å²) in [4.78, 5) is 15.9. The normalized spacial score (nSPS) is 31.3. The van der Waals surface area contributed by atoms with E-state index < -0.39 is 0 Å². The summed E-state index contributed by atoms with van der Waals surface area (Å²) in [6.07, 6.45) is 3.38. The minimum Gasteiger partial charge on any atom is -0.299 e. The molecule has 2 atom stereocenters. The van der Waals surface area contributed by atoms with E-state index in [1.165, 1.54) is 0 Å². The van der Waals surface area contributed by atoms with Gasteiger partial charge in [0.1, 0.15) is 5.78 Å². The van der Waals surface area contributed by atoms with E-state index in [0.717, 1.165) is 12.1 Å². The first-order chi connectivity index (χ1) is 6.68. The molecular formula is C12H15NO. The molecule has 0 bridgehead atoms. The van der Waals surface area contributed by atoms with E-state index in [9.17, 15) is 4.79 Å². The van der Waals surface area contributed by atoms with Crippen LogP contribution in [0.5, 0.6) is 0 Å². The van der Waals surface area contributed by atoms with Crippen LogP contribution in [0.4, 0.5) is 0 Å². The average Bonchev–Trinajstić information content (AvgIpc) is 2.25. The molecule has 2 unspecified atom stereocenters. The third kappa shape index (κ3) is 1.17. The summed E-state index contributed by atoms with van der Waals surface area (Å²) in [5.41, 5.74) is 0.908. The summed E-state index contributed by atoms with van der Waals surface area (Å²) in [5, 5.41) is 0. The second-order valence-corrected chi connectivity index (χ2v) is 4.21. The van der Waals surface area contributed by atoms with Gasteiger partial charge in [0.2, 0.25) is 0 Å². The Labute approximate surface area is 84.4 Å². The van der Waals surface area contributed by atoms with Crippen LogP contribution in [0.25, 0.3) is 0 Å². The molecule has 0 radical (unpaired) electrons. The van der Waals surface area contributed by atoms with Crippen molar-refractivity contribution in [2.45, 2.75) is 32.6 Å². The highest BCUT2D eigenvalue weighted by molar-refractivity contribution is 5.92. The Morgan fingerprint density at radius 3 is 2.86 bits per heavy atom. The van der Waals surface area contributed by atoms with Crippen molar-refractivity contribution in [2.75, 3.05) is 0 Å². The first kappa shape index (κ1) is 9.38. The molecule has 14 heavy (non-hydrogen) atoms. The van der Waals surface area contributed by atoms with E-state index in [0.29, 0.717) is 18.1 Å². The van der Waals surface area contributed by atoms with Crippen LogP contribution in [0.1, 0.15) is 38.3 Å². The number of carbonyl (C=O) groups excluding carboxylic acids is 1. The van der Waals surface area contributed by atoms with Crippen molar-refractivity contribution in [1.82, 2.24) is 4.98 Å². The number of hydrogen-bond acceptors (Lipinski definition) is 2. The number of rotatable bonds is 2. The van der Waals surface area contributed by atoms with E-state index in [1.54, 1.807) is 6.20 Å². The maximum Gasteiger partial charge on any atom is 0.140 e. The standard InChI is InChI=1S/C12H15NO/c1-3-12(2)9(8-11(12)14)10-6-4-5-7-13-10/h4-7,9H,3,8H2,1-2H3. The number of carbonyl (C=O) groups is 1. The van der Waals surface area contributed by atoms with Crippen molar-refractivity contribution in [3.8, 4) is 0 Å². The smallest absolute Gasteiger partial charge is 0.140 e. The summed E-state index contributed by atoms with van der Waals surface area (Å²) in [7, 11) is 0. The van der Waals surface area contributed by atoms with E-state index in [2.05, 4.69) is 18.8 Å². The summed E-state index contributed by atoms with van der Waals surface area (Å²) in [5.74, 6) is 0.719. The zero-order valence-electron chi connectivity index (χ0n) is 8.66. The van der Waals surface area contributed by atoms with Gasteiger partial charge >= 0.3 is 0 Å². The molecule has 0 aliphatic heterocycles. The maximum atomic E-state index is 11.5. The molecule has 74 valence electrons. The summed E-state index contributed by atoms with van der Waals surface area (Å²) >= 11 is 0. The first-order valence-corrected chi connectivity index (χ1v) is 5.12. The van der Waals surface area contributed by atoms with Crippen molar-refractivity contribution in [3.05, 3.63) is 30.1 Å². The number of nitrogens with zero attached hydrogens (tertiary/aromatic N) is 1. The van der Waals surface area contributed by atoms with Gasteiger partial charge < -0.3 is 0 Å². The van der Waals surface area contributed by atoms with E-state index >= 15 is 0 Å². The number of pyridine rings is 1. The minimum atomic E-state index is -0.158. The molecule has 1 aliphatic rings. The molecule has 0 N–H and O–H groups in total. The molecule has 1 aromatic heterocycles. The quantitative estimate of drug-likeness (QED) is 0.715. The molecule has 1 aromatic rings. The lowest BCUT2D eigenvalue weighted by atomic mass is 9.57. The Bertz CT molecular complexity index is 347. The first-order valence-electron chi connectivity index (χ1n) is 5.12. The van der Waals surface area contributed by atoms with Gasteiger partial charge in [0.05, 0.1) is 0 Å². The molecule has 0 amide bonds. The van der Waals surface area contributed by atoms with Crippen molar-refractivity contribution in [1.29, 1.82) is 0 Å². The third-order valence-corrected chi connectivity index (χ3v) is 3.57. The van der Waals surface area contributed by atoms with Gasteiger partial charge in [-0.25, -0.2) is 0 Å². The molecule has 2 nitrogen and oxygen atoms in total. The lowest BCUT2D eigenvalue weighted by molar-refractivity contribution is -0.139. The Kier molecular flexibility index (Phi) is 2.14. The van der Waals surface area contributed by atoms with Crippen LogP contribution in [-0.4, -0.2) is 10.8 Å². The average molecular weight is 189 g/mol. The van der Waals surface area contributed by atoms with Gasteiger partial charge in [-0.2, -0.15) is 0 Å². The molecule has 1 fully saturated rings. The minimum absolute atomic E-state index is 0.158. The van der Waals surface area contributed by atoms with E-state index in [-0.39, 0.29) is 5.41 Å². The van der Waals surface area contributed by atoms with Gasteiger partial charge in [0.25, 0.3) is 0 Å². The largest absolute Gasteiger partial charge is 0.299 e. The molecule has 2 heteroatoms. The molecule has 2 rings (SSSR count). The fraction of sp³-hybridized carbons (Fsp3) is 0.500. The lowest BCUT2D eigenvalue weighted by Gasteiger charge is -2.44. The number of ketones is 1. The van der Waals surface area contributed by atoms with Crippen LogP contribution in [-0.2, 0) is 4.79 Å². The summed E-state index contributed by atoms with van der Waals surface area (Å²) in [6.45, 7) is 4.13. The van der Waals surface area contributed by atoms with Gasteiger partial charge in [0.15, 0.2) is 0 Å². The van der Waals surface area contributed by atoms with Crippen LogP contribution in [0.15, 0.2) is 24.4 Å². The molecule has 0 saturated heterocycles. The molecule has 0 aromatic carbocycles. The third-order valence-electron chi connectivity index (χ3n) is 3.57. The maximum absolute atomic E-state index is 11.5. The fourth-order valence-electron chi connectivity index (χ4n) is 2.16. The Morgan fingerprint density at radius 2 is 2.36 bits per heavy atom. The zero-order valence-corrected chi connectivity index (χ0v) is 8.66. The highest BCUT2D eigenvalue weighted by Crippen LogP contribution is 2.51. The molecular weight excluding hydrogens is 174 g/mol. The second kappa shape index (κ2) is 3.19. The molecule has 1 saturated carbocycles. The van der Waals surface area contributed by atoms with Crippen LogP contribution in [0.3, 0.4) is 0 Å². The van der Waals surface area contributed by atoms with Gasteiger partial charge in [-0.3, -0.25) is 9.78 Å². The van der Waals surface area contributed by atoms with Crippen molar-refractivity contribution < 1.29 is 4.79 Å². The molecule has 1 aliphatic carbocycles. The van der Waals surface area contributed by atoms with Crippen molar-refractivity contribution in [2.24, 2.45) is 5.41 Å². The highest BCUT2D eigenvalue weighted by Gasteiger charge is 2.50. The fourth-order valence-corrected chi connectivity index (χ4v) is 2.16. The number of aromatic nitrogens is 1. The van der Waals surface area contributed by atoms with Crippen LogP contribution in [0, 0.1) is 5.41 Å². The topological polar surface area (TPSA) is 30.0 Å². The number of Topliss-reactive ketones (excluding diaryl/α,β-unsaturated/α-hetero) is 1. The van der Waals surface area contributed by atoms with Gasteiger partial charge in [-0.1, -0.05) is 19.9 Å². The van der Waals surface area contributed by atoms with Crippen LogP contribution >= 0.6 is 0 Å². The van der Waals surface area contributed by atoms with Crippen LogP contribution < -0.4 is 0 Å². The summed E-state index contributed by atoms with van der Waals surface area (Å²) in [6, 6.07) is 5.92. The highest BCUT2D eigenvalue weighted by atomic mass is 16.1. The van der Waals surface area contributed by atoms with E-state index in [4.69, 9.17) is 0 Å². The van der Waals surface area contributed by atoms with Gasteiger partial charge in [-0.15, -0.1) is 0 Å². The molecule has 1 heterocycles. The Morgan fingerprint density at radius 1 is 1.57 bits per heavy atom. The monoisotopic (exact) mass is 189 g/mol. The predicted molar refractivity (Wildman–Crippen MR) is 55.0 cm³/mol. The number of hydrogen-bond donors (Lipinski definition) is 0. The van der Waals surface area contributed by atoms with Gasteiger partial charge in [0, 0.05) is 29.6 Å². The van der Waals surface area contributed by atoms with Crippen molar-refractivity contribution >= 4 is 5.78 Å². The Hall–Kier alpha value is -1.18. The second-order valence-electron chi connectivity index (χ2n) is 4.21. The Balaban J connectivity index is 2.27. The lowest BCUT2D eigenvalue weighted by Crippen LogP contribution is -2.45. The zero-order chi connectivity index (χ0) is 10.2. The van der Waals surface area contributed by atoms with Crippen molar-refractivity contribution in [3.63, 3.8) is 0 Å². The summed E-state index contributed by atoms with van der Waals surface area (Å²) < 4.78 is 0. The van der Waals surface area contributed by atoms with E-state index in [1.807, 2.05) is 18.2 Å². The SMILES string of the molecule is CCC1(C)C(=O)CC1c1ccccn1. The predicted octanol–water partition coefficient (Wildman–Crippen LogP) is 2.55. The molecule has 0 spiro atoms. The van der Waals surface area contributed by atoms with Crippen LogP contribution in [0.2, 0.25) is 0 Å².